The third kappa shape index (κ3) is 4.34. The van der Waals surface area contributed by atoms with Crippen LogP contribution in [-0.2, 0) is 11.2 Å². The van der Waals surface area contributed by atoms with E-state index in [1.807, 2.05) is 36.5 Å². The van der Waals surface area contributed by atoms with Crippen LogP contribution >= 0.6 is 0 Å². The third-order valence-electron chi connectivity index (χ3n) is 3.71. The second-order valence-electron chi connectivity index (χ2n) is 5.49. The number of aliphatic hydroxyl groups excluding tert-OH is 1. The van der Waals surface area contributed by atoms with Crippen molar-refractivity contribution in [2.75, 3.05) is 13.2 Å². The molecule has 0 fully saturated rings. The van der Waals surface area contributed by atoms with Gasteiger partial charge >= 0.3 is 0 Å². The van der Waals surface area contributed by atoms with Crippen molar-refractivity contribution in [2.45, 2.75) is 18.9 Å². The fourth-order valence-electron chi connectivity index (χ4n) is 2.49. The molecule has 3 rings (SSSR count). The molecule has 1 unspecified atom stereocenters. The molecule has 0 saturated heterocycles. The highest BCUT2D eigenvalue weighted by Crippen LogP contribution is 2.14. The molecule has 0 radical (unpaired) electrons. The second-order valence-corrected chi connectivity index (χ2v) is 5.49. The molecule has 2 aromatic heterocycles. The first kappa shape index (κ1) is 15.6. The highest BCUT2D eigenvalue weighted by atomic mass is 16.5. The van der Waals surface area contributed by atoms with Gasteiger partial charge in [0, 0.05) is 24.4 Å². The molecule has 0 amide bonds. The highest BCUT2D eigenvalue weighted by molar-refractivity contribution is 5.78. The minimum Gasteiger partial charge on any atom is -0.384 e. The number of hydrogen-bond donors (Lipinski definition) is 1. The van der Waals surface area contributed by atoms with Gasteiger partial charge in [-0.3, -0.25) is 9.97 Å². The average Bonchev–Trinajstić information content (AvgIpc) is 2.62. The molecule has 4 nitrogen and oxygen atoms in total. The van der Waals surface area contributed by atoms with E-state index in [1.165, 1.54) is 5.56 Å². The number of pyridine rings is 2. The van der Waals surface area contributed by atoms with Gasteiger partial charge in [-0.2, -0.15) is 0 Å². The summed E-state index contributed by atoms with van der Waals surface area (Å²) >= 11 is 0. The lowest BCUT2D eigenvalue weighted by Crippen LogP contribution is -2.09. The summed E-state index contributed by atoms with van der Waals surface area (Å²) in [6, 6.07) is 15.8. The van der Waals surface area contributed by atoms with Crippen LogP contribution in [0.1, 0.15) is 23.8 Å². The number of hydrogen-bond acceptors (Lipinski definition) is 4. The standard InChI is InChI=1S/C19H20N2O2/c22-19(18-9-3-4-10-20-18)14-23-11-5-6-15-12-16-7-1-2-8-17(16)21-13-15/h1-4,7-10,12-13,19,22H,5-6,11,14H2. The molecule has 2 heterocycles. The van der Waals surface area contributed by atoms with Gasteiger partial charge in [0.25, 0.3) is 0 Å². The molecule has 0 spiro atoms. The van der Waals surface area contributed by atoms with Crippen molar-refractivity contribution in [3.8, 4) is 0 Å². The van der Waals surface area contributed by atoms with Crippen LogP contribution in [0, 0.1) is 0 Å². The van der Waals surface area contributed by atoms with Crippen molar-refractivity contribution in [1.82, 2.24) is 9.97 Å². The molecule has 1 atom stereocenters. The summed E-state index contributed by atoms with van der Waals surface area (Å²) in [4.78, 5) is 8.57. The third-order valence-corrected chi connectivity index (χ3v) is 3.71. The molecule has 0 bridgehead atoms. The summed E-state index contributed by atoms with van der Waals surface area (Å²) in [6.45, 7) is 0.879. The topological polar surface area (TPSA) is 55.2 Å². The van der Waals surface area contributed by atoms with Crippen molar-refractivity contribution in [2.24, 2.45) is 0 Å². The Hall–Kier alpha value is -2.30. The largest absolute Gasteiger partial charge is 0.384 e. The maximum absolute atomic E-state index is 9.96. The van der Waals surface area contributed by atoms with E-state index >= 15 is 0 Å². The molecular weight excluding hydrogens is 288 g/mol. The second kappa shape index (κ2) is 7.81. The van der Waals surface area contributed by atoms with Gasteiger partial charge < -0.3 is 9.84 Å². The number of aliphatic hydroxyl groups is 1. The Morgan fingerprint density at radius 3 is 2.78 bits per heavy atom. The smallest absolute Gasteiger partial charge is 0.119 e. The first-order valence-corrected chi connectivity index (χ1v) is 7.83. The minimum atomic E-state index is -0.668. The molecule has 3 aromatic rings. The van der Waals surface area contributed by atoms with Crippen LogP contribution in [0.15, 0.2) is 60.9 Å². The Kier molecular flexibility index (Phi) is 5.29. The summed E-state index contributed by atoms with van der Waals surface area (Å²) in [7, 11) is 0. The fourth-order valence-corrected chi connectivity index (χ4v) is 2.49. The van der Waals surface area contributed by atoms with Crippen LogP contribution in [0.3, 0.4) is 0 Å². The Balaban J connectivity index is 1.42. The normalized spacial score (nSPS) is 12.4. The molecule has 118 valence electrons. The molecule has 0 aliphatic rings. The van der Waals surface area contributed by atoms with Gasteiger partial charge in [0.2, 0.25) is 0 Å². The lowest BCUT2D eigenvalue weighted by atomic mass is 10.1. The van der Waals surface area contributed by atoms with E-state index in [1.54, 1.807) is 12.3 Å². The molecule has 0 saturated carbocycles. The number of nitrogens with zero attached hydrogens (tertiary/aromatic N) is 2. The average molecular weight is 308 g/mol. The number of benzene rings is 1. The van der Waals surface area contributed by atoms with E-state index in [9.17, 15) is 5.11 Å². The van der Waals surface area contributed by atoms with Gasteiger partial charge in [-0.25, -0.2) is 0 Å². The van der Waals surface area contributed by atoms with Gasteiger partial charge in [-0.05, 0) is 42.7 Å². The van der Waals surface area contributed by atoms with Gasteiger partial charge in [-0.1, -0.05) is 24.3 Å². The fraction of sp³-hybridized carbons (Fsp3) is 0.263. The van der Waals surface area contributed by atoms with Crippen LogP contribution < -0.4 is 0 Å². The van der Waals surface area contributed by atoms with Crippen molar-refractivity contribution in [3.05, 3.63) is 72.2 Å². The van der Waals surface area contributed by atoms with E-state index in [0.717, 1.165) is 23.7 Å². The first-order chi connectivity index (χ1) is 11.3. The molecule has 0 aliphatic carbocycles. The number of para-hydroxylation sites is 1. The van der Waals surface area contributed by atoms with Crippen LogP contribution in [-0.4, -0.2) is 28.3 Å². The van der Waals surface area contributed by atoms with Crippen LogP contribution in [0.4, 0.5) is 0 Å². The number of fused-ring (bicyclic) bond motifs is 1. The summed E-state index contributed by atoms with van der Waals surface area (Å²) in [5, 5.41) is 11.1. The molecule has 0 aliphatic heterocycles. The van der Waals surface area contributed by atoms with E-state index in [4.69, 9.17) is 4.74 Å². The van der Waals surface area contributed by atoms with E-state index < -0.39 is 6.10 Å². The Morgan fingerprint density at radius 1 is 1.04 bits per heavy atom. The highest BCUT2D eigenvalue weighted by Gasteiger charge is 2.08. The molecular formula is C19H20N2O2. The predicted octanol–water partition coefficient (Wildman–Crippen LogP) is 3.31. The summed E-state index contributed by atoms with van der Waals surface area (Å²) in [5.74, 6) is 0. The lowest BCUT2D eigenvalue weighted by Gasteiger charge is -2.10. The minimum absolute atomic E-state index is 0.271. The van der Waals surface area contributed by atoms with Gasteiger partial charge in [0.15, 0.2) is 0 Å². The Bertz CT molecular complexity index is 746. The molecule has 1 N–H and O–H groups in total. The van der Waals surface area contributed by atoms with Crippen LogP contribution in [0.25, 0.3) is 10.9 Å². The van der Waals surface area contributed by atoms with Crippen LogP contribution in [0.2, 0.25) is 0 Å². The number of aryl methyl sites for hydroxylation is 1. The van der Waals surface area contributed by atoms with Crippen molar-refractivity contribution in [1.29, 1.82) is 0 Å². The molecule has 4 heteroatoms. The van der Waals surface area contributed by atoms with E-state index in [0.29, 0.717) is 12.3 Å². The van der Waals surface area contributed by atoms with E-state index in [-0.39, 0.29) is 6.61 Å². The Morgan fingerprint density at radius 2 is 1.91 bits per heavy atom. The van der Waals surface area contributed by atoms with Crippen molar-refractivity contribution in [3.63, 3.8) is 0 Å². The SMILES string of the molecule is OC(COCCCc1cnc2ccccc2c1)c1ccccn1. The van der Waals surface area contributed by atoms with E-state index in [2.05, 4.69) is 22.1 Å². The summed E-state index contributed by atoms with van der Waals surface area (Å²) < 4.78 is 5.55. The Labute approximate surface area is 135 Å². The molecule has 23 heavy (non-hydrogen) atoms. The van der Waals surface area contributed by atoms with Crippen molar-refractivity contribution >= 4 is 10.9 Å². The van der Waals surface area contributed by atoms with Gasteiger partial charge in [0.05, 0.1) is 17.8 Å². The maximum Gasteiger partial charge on any atom is 0.119 e. The van der Waals surface area contributed by atoms with Crippen LogP contribution in [0.5, 0.6) is 0 Å². The van der Waals surface area contributed by atoms with Crippen molar-refractivity contribution < 1.29 is 9.84 Å². The first-order valence-electron chi connectivity index (χ1n) is 7.83. The van der Waals surface area contributed by atoms with Gasteiger partial charge in [0.1, 0.15) is 6.10 Å². The zero-order valence-electron chi connectivity index (χ0n) is 12.9. The number of ether oxygens (including phenoxy) is 1. The summed E-state index contributed by atoms with van der Waals surface area (Å²) in [6.07, 6.45) is 4.74. The predicted molar refractivity (Wildman–Crippen MR) is 90.1 cm³/mol. The zero-order valence-corrected chi connectivity index (χ0v) is 12.9. The zero-order chi connectivity index (χ0) is 15.9. The lowest BCUT2D eigenvalue weighted by molar-refractivity contribution is 0.0331. The number of rotatable bonds is 7. The molecule has 1 aromatic carbocycles. The van der Waals surface area contributed by atoms with Gasteiger partial charge in [-0.15, -0.1) is 0 Å². The summed E-state index contributed by atoms with van der Waals surface area (Å²) in [5.41, 5.74) is 2.87. The number of aromatic nitrogens is 2. The maximum atomic E-state index is 9.96. The monoisotopic (exact) mass is 308 g/mol. The quantitative estimate of drug-likeness (QED) is 0.680.